The van der Waals surface area contributed by atoms with Crippen LogP contribution in [0.4, 0.5) is 8.78 Å². The lowest BCUT2D eigenvalue weighted by molar-refractivity contribution is 0.0635. The first kappa shape index (κ1) is 20.4. The van der Waals surface area contributed by atoms with Crippen molar-refractivity contribution in [1.82, 2.24) is 14.8 Å². The van der Waals surface area contributed by atoms with Crippen LogP contribution in [-0.2, 0) is 6.42 Å². The normalized spacial score (nSPS) is 15.0. The van der Waals surface area contributed by atoms with Crippen molar-refractivity contribution in [2.45, 2.75) is 19.8 Å². The number of amides is 1. The van der Waals surface area contributed by atoms with Gasteiger partial charge in [0, 0.05) is 49.0 Å². The number of carbonyl (C=O) groups is 1. The van der Waals surface area contributed by atoms with Crippen LogP contribution in [0.25, 0.3) is 10.8 Å². The third-order valence-electron chi connectivity index (χ3n) is 5.76. The molecule has 1 aliphatic heterocycles. The van der Waals surface area contributed by atoms with Crippen LogP contribution in [0.2, 0.25) is 0 Å². The van der Waals surface area contributed by atoms with Gasteiger partial charge < -0.3 is 4.90 Å². The summed E-state index contributed by atoms with van der Waals surface area (Å²) < 4.78 is 27.3. The van der Waals surface area contributed by atoms with Crippen LogP contribution in [0, 0.1) is 18.6 Å². The molecule has 0 saturated carbocycles. The van der Waals surface area contributed by atoms with Crippen molar-refractivity contribution in [2.24, 2.45) is 0 Å². The number of piperazine rings is 1. The Morgan fingerprint density at radius 3 is 2.60 bits per heavy atom. The van der Waals surface area contributed by atoms with Gasteiger partial charge in [-0.05, 0) is 67.6 Å². The number of nitrogens with zero attached hydrogens (tertiary/aromatic N) is 3. The van der Waals surface area contributed by atoms with Crippen LogP contribution in [0.1, 0.15) is 28.0 Å². The summed E-state index contributed by atoms with van der Waals surface area (Å²) in [7, 11) is 0. The van der Waals surface area contributed by atoms with Crippen molar-refractivity contribution in [1.29, 1.82) is 0 Å². The van der Waals surface area contributed by atoms with Gasteiger partial charge in [0.05, 0.1) is 0 Å². The quantitative estimate of drug-likeness (QED) is 0.633. The number of fused-ring (bicyclic) bond motifs is 1. The fourth-order valence-electron chi connectivity index (χ4n) is 3.99. The number of benzene rings is 2. The molecule has 0 spiro atoms. The van der Waals surface area contributed by atoms with E-state index >= 15 is 0 Å². The molecule has 30 heavy (non-hydrogen) atoms. The number of aromatic nitrogens is 1. The van der Waals surface area contributed by atoms with E-state index in [0.717, 1.165) is 49.1 Å². The molecule has 156 valence electrons. The molecule has 1 saturated heterocycles. The van der Waals surface area contributed by atoms with Gasteiger partial charge in [0.25, 0.3) is 5.91 Å². The summed E-state index contributed by atoms with van der Waals surface area (Å²) in [5.41, 5.74) is 2.42. The molecular weight excluding hydrogens is 384 g/mol. The minimum Gasteiger partial charge on any atom is -0.336 e. The van der Waals surface area contributed by atoms with Crippen molar-refractivity contribution >= 4 is 16.7 Å². The SMILES string of the molecule is Cc1ccc(F)c2cnc(CCCN3CCN(C(=O)c4cccc(F)c4)CC3)cc12. The number of aryl methyl sites for hydroxylation is 2. The zero-order valence-corrected chi connectivity index (χ0v) is 17.1. The first-order valence-corrected chi connectivity index (χ1v) is 10.3. The van der Waals surface area contributed by atoms with Gasteiger partial charge in [-0.2, -0.15) is 0 Å². The Labute approximate surface area is 175 Å². The Bertz CT molecular complexity index is 1060. The van der Waals surface area contributed by atoms with E-state index in [9.17, 15) is 13.6 Å². The summed E-state index contributed by atoms with van der Waals surface area (Å²) in [6, 6.07) is 11.1. The third kappa shape index (κ3) is 4.49. The van der Waals surface area contributed by atoms with Crippen LogP contribution in [-0.4, -0.2) is 53.4 Å². The number of hydrogen-bond acceptors (Lipinski definition) is 3. The zero-order chi connectivity index (χ0) is 21.1. The van der Waals surface area contributed by atoms with Crippen LogP contribution in [0.5, 0.6) is 0 Å². The van der Waals surface area contributed by atoms with Gasteiger partial charge in [-0.3, -0.25) is 14.7 Å². The van der Waals surface area contributed by atoms with E-state index in [2.05, 4.69) is 9.88 Å². The lowest BCUT2D eigenvalue weighted by Gasteiger charge is -2.34. The number of rotatable bonds is 5. The molecule has 1 aliphatic rings. The van der Waals surface area contributed by atoms with Crippen molar-refractivity contribution in [3.05, 3.63) is 77.1 Å². The highest BCUT2D eigenvalue weighted by atomic mass is 19.1. The summed E-state index contributed by atoms with van der Waals surface area (Å²) in [6.07, 6.45) is 3.41. The predicted octanol–water partition coefficient (Wildman–Crippen LogP) is 4.21. The lowest BCUT2D eigenvalue weighted by Crippen LogP contribution is -2.48. The van der Waals surface area contributed by atoms with Gasteiger partial charge in [0.2, 0.25) is 0 Å². The van der Waals surface area contributed by atoms with Gasteiger partial charge in [-0.25, -0.2) is 8.78 Å². The number of hydrogen-bond donors (Lipinski definition) is 0. The van der Waals surface area contributed by atoms with Crippen molar-refractivity contribution in [3.63, 3.8) is 0 Å². The van der Waals surface area contributed by atoms with Crippen LogP contribution >= 0.6 is 0 Å². The fraction of sp³-hybridized carbons (Fsp3) is 0.333. The molecular formula is C24H25F2N3O. The second-order valence-electron chi connectivity index (χ2n) is 7.83. The van der Waals surface area contributed by atoms with Gasteiger partial charge in [0.1, 0.15) is 11.6 Å². The van der Waals surface area contributed by atoms with E-state index in [1.54, 1.807) is 29.3 Å². The highest BCUT2D eigenvalue weighted by Crippen LogP contribution is 2.22. The van der Waals surface area contributed by atoms with E-state index in [-0.39, 0.29) is 17.5 Å². The molecule has 1 amide bonds. The topological polar surface area (TPSA) is 36.4 Å². The summed E-state index contributed by atoms with van der Waals surface area (Å²) >= 11 is 0. The average molecular weight is 409 g/mol. The highest BCUT2D eigenvalue weighted by molar-refractivity contribution is 5.94. The molecule has 0 radical (unpaired) electrons. The third-order valence-corrected chi connectivity index (χ3v) is 5.76. The Morgan fingerprint density at radius 1 is 1.03 bits per heavy atom. The average Bonchev–Trinajstić information content (AvgIpc) is 2.76. The zero-order valence-electron chi connectivity index (χ0n) is 17.1. The highest BCUT2D eigenvalue weighted by Gasteiger charge is 2.22. The summed E-state index contributed by atoms with van der Waals surface area (Å²) in [5, 5.41) is 1.49. The van der Waals surface area contributed by atoms with Gasteiger partial charge in [-0.1, -0.05) is 12.1 Å². The fourth-order valence-corrected chi connectivity index (χ4v) is 3.99. The molecule has 0 unspecified atom stereocenters. The van der Waals surface area contributed by atoms with Crippen LogP contribution < -0.4 is 0 Å². The molecule has 3 aromatic rings. The predicted molar refractivity (Wildman–Crippen MR) is 114 cm³/mol. The molecule has 4 nitrogen and oxygen atoms in total. The molecule has 2 heterocycles. The summed E-state index contributed by atoms with van der Waals surface area (Å²) in [4.78, 5) is 21.1. The summed E-state index contributed by atoms with van der Waals surface area (Å²) in [6.45, 7) is 5.79. The smallest absolute Gasteiger partial charge is 0.254 e. The molecule has 0 bridgehead atoms. The minimum atomic E-state index is -0.389. The Balaban J connectivity index is 1.28. The molecule has 4 rings (SSSR count). The van der Waals surface area contributed by atoms with Crippen molar-refractivity contribution < 1.29 is 13.6 Å². The molecule has 6 heteroatoms. The Hall–Kier alpha value is -2.86. The maximum absolute atomic E-state index is 13.9. The second kappa shape index (κ2) is 8.88. The van der Waals surface area contributed by atoms with Crippen molar-refractivity contribution in [3.8, 4) is 0 Å². The van der Waals surface area contributed by atoms with E-state index in [0.29, 0.717) is 24.0 Å². The first-order chi connectivity index (χ1) is 14.5. The second-order valence-corrected chi connectivity index (χ2v) is 7.83. The van der Waals surface area contributed by atoms with Gasteiger partial charge in [0.15, 0.2) is 0 Å². The molecule has 0 aliphatic carbocycles. The van der Waals surface area contributed by atoms with Gasteiger partial charge in [-0.15, -0.1) is 0 Å². The van der Waals surface area contributed by atoms with E-state index in [1.165, 1.54) is 18.2 Å². The van der Waals surface area contributed by atoms with Crippen molar-refractivity contribution in [2.75, 3.05) is 32.7 Å². The minimum absolute atomic E-state index is 0.114. The monoisotopic (exact) mass is 409 g/mol. The maximum atomic E-state index is 13.9. The van der Waals surface area contributed by atoms with E-state index < -0.39 is 0 Å². The van der Waals surface area contributed by atoms with E-state index in [4.69, 9.17) is 0 Å². The number of halogens is 2. The Kier molecular flexibility index (Phi) is 6.04. The largest absolute Gasteiger partial charge is 0.336 e. The van der Waals surface area contributed by atoms with Crippen LogP contribution in [0.3, 0.4) is 0 Å². The number of pyridine rings is 1. The maximum Gasteiger partial charge on any atom is 0.254 e. The van der Waals surface area contributed by atoms with Crippen LogP contribution in [0.15, 0.2) is 48.7 Å². The molecule has 1 fully saturated rings. The van der Waals surface area contributed by atoms with Gasteiger partial charge >= 0.3 is 0 Å². The molecule has 0 atom stereocenters. The lowest BCUT2D eigenvalue weighted by atomic mass is 10.0. The first-order valence-electron chi connectivity index (χ1n) is 10.3. The molecule has 0 N–H and O–H groups in total. The molecule has 1 aromatic heterocycles. The van der Waals surface area contributed by atoms with E-state index in [1.807, 2.05) is 13.0 Å². The summed E-state index contributed by atoms with van der Waals surface area (Å²) in [5.74, 6) is -0.739. The Morgan fingerprint density at radius 2 is 1.83 bits per heavy atom. The number of carbonyl (C=O) groups excluding carboxylic acids is 1. The molecule has 2 aromatic carbocycles. The standard InChI is InChI=1S/C24H25F2N3O/c1-17-7-8-23(26)22-16-27-20(15-21(17)22)6-3-9-28-10-12-29(13-11-28)24(30)18-4-2-5-19(25)14-18/h2,4-5,7-8,14-16H,3,6,9-13H2,1H3.